The SMILES string of the molecule is O=C(N[C@H]1CCCN(c2cccnc2)C1=O)c1cnn2c1CCCC2. The predicted molar refractivity (Wildman–Crippen MR) is 92.2 cm³/mol. The van der Waals surface area contributed by atoms with E-state index in [2.05, 4.69) is 15.4 Å². The summed E-state index contributed by atoms with van der Waals surface area (Å²) in [6, 6.07) is 3.17. The molecule has 2 aliphatic heterocycles. The molecule has 7 heteroatoms. The van der Waals surface area contributed by atoms with Gasteiger partial charge in [-0.1, -0.05) is 0 Å². The van der Waals surface area contributed by atoms with Gasteiger partial charge in [0, 0.05) is 19.3 Å². The van der Waals surface area contributed by atoms with E-state index in [1.165, 1.54) is 0 Å². The van der Waals surface area contributed by atoms with Crippen LogP contribution in [-0.4, -0.2) is 39.2 Å². The topological polar surface area (TPSA) is 80.1 Å². The molecule has 25 heavy (non-hydrogen) atoms. The molecule has 0 saturated carbocycles. The number of rotatable bonds is 3. The van der Waals surface area contributed by atoms with Gasteiger partial charge in [0.1, 0.15) is 6.04 Å². The molecule has 4 heterocycles. The van der Waals surface area contributed by atoms with Crippen LogP contribution < -0.4 is 10.2 Å². The van der Waals surface area contributed by atoms with Gasteiger partial charge in [-0.3, -0.25) is 19.3 Å². The molecule has 1 atom stereocenters. The van der Waals surface area contributed by atoms with Crippen molar-refractivity contribution in [2.75, 3.05) is 11.4 Å². The molecular weight excluding hydrogens is 318 g/mol. The molecule has 0 bridgehead atoms. The second kappa shape index (κ2) is 6.66. The minimum absolute atomic E-state index is 0.0753. The molecule has 0 unspecified atom stereocenters. The lowest BCUT2D eigenvalue weighted by molar-refractivity contribution is -0.121. The van der Waals surface area contributed by atoms with Crippen molar-refractivity contribution in [3.8, 4) is 0 Å². The highest BCUT2D eigenvalue weighted by atomic mass is 16.2. The van der Waals surface area contributed by atoms with Gasteiger partial charge < -0.3 is 10.2 Å². The van der Waals surface area contributed by atoms with Crippen molar-refractivity contribution in [2.45, 2.75) is 44.7 Å². The number of aromatic nitrogens is 3. The first-order chi connectivity index (χ1) is 12.2. The Labute approximate surface area is 146 Å². The van der Waals surface area contributed by atoms with E-state index < -0.39 is 6.04 Å². The molecule has 0 aromatic carbocycles. The van der Waals surface area contributed by atoms with Crippen LogP contribution in [0.5, 0.6) is 0 Å². The molecule has 130 valence electrons. The summed E-state index contributed by atoms with van der Waals surface area (Å²) in [5.74, 6) is -0.275. The number of piperidine rings is 1. The van der Waals surface area contributed by atoms with E-state index >= 15 is 0 Å². The number of hydrogen-bond acceptors (Lipinski definition) is 4. The first-order valence-corrected chi connectivity index (χ1v) is 8.81. The van der Waals surface area contributed by atoms with E-state index in [9.17, 15) is 9.59 Å². The molecule has 7 nitrogen and oxygen atoms in total. The van der Waals surface area contributed by atoms with Crippen molar-refractivity contribution < 1.29 is 9.59 Å². The maximum Gasteiger partial charge on any atom is 0.255 e. The average molecular weight is 339 g/mol. The molecule has 2 aromatic rings. The van der Waals surface area contributed by atoms with Crippen molar-refractivity contribution in [1.82, 2.24) is 20.1 Å². The van der Waals surface area contributed by atoms with Crippen molar-refractivity contribution >= 4 is 17.5 Å². The molecule has 0 aliphatic carbocycles. The number of pyridine rings is 1. The smallest absolute Gasteiger partial charge is 0.255 e. The van der Waals surface area contributed by atoms with Crippen LogP contribution in [0, 0.1) is 0 Å². The summed E-state index contributed by atoms with van der Waals surface area (Å²) in [6.07, 6.45) is 9.52. The van der Waals surface area contributed by atoms with Crippen molar-refractivity contribution in [1.29, 1.82) is 0 Å². The Morgan fingerprint density at radius 3 is 2.96 bits per heavy atom. The Morgan fingerprint density at radius 1 is 1.20 bits per heavy atom. The van der Waals surface area contributed by atoms with E-state index in [4.69, 9.17) is 0 Å². The van der Waals surface area contributed by atoms with Gasteiger partial charge in [0.05, 0.1) is 29.3 Å². The molecule has 2 aromatic heterocycles. The van der Waals surface area contributed by atoms with Crippen LogP contribution in [0.2, 0.25) is 0 Å². The first-order valence-electron chi connectivity index (χ1n) is 8.81. The van der Waals surface area contributed by atoms with Crippen LogP contribution in [0.4, 0.5) is 5.69 Å². The van der Waals surface area contributed by atoms with Gasteiger partial charge in [-0.05, 0) is 44.2 Å². The lowest BCUT2D eigenvalue weighted by atomic mass is 10.0. The normalized spacial score (nSPS) is 20.2. The number of carbonyl (C=O) groups is 2. The second-order valence-corrected chi connectivity index (χ2v) is 6.55. The number of anilines is 1. The lowest BCUT2D eigenvalue weighted by Crippen LogP contribution is -2.52. The van der Waals surface area contributed by atoms with Gasteiger partial charge in [-0.15, -0.1) is 0 Å². The van der Waals surface area contributed by atoms with Crippen LogP contribution in [0.3, 0.4) is 0 Å². The maximum absolute atomic E-state index is 12.8. The van der Waals surface area contributed by atoms with Gasteiger partial charge in [-0.25, -0.2) is 0 Å². The third-order valence-electron chi connectivity index (χ3n) is 4.93. The number of carbonyl (C=O) groups excluding carboxylic acids is 2. The minimum Gasteiger partial charge on any atom is -0.340 e. The first kappa shape index (κ1) is 15.8. The monoisotopic (exact) mass is 339 g/mol. The zero-order valence-electron chi connectivity index (χ0n) is 14.0. The summed E-state index contributed by atoms with van der Waals surface area (Å²) >= 11 is 0. The fourth-order valence-electron chi connectivity index (χ4n) is 3.63. The fraction of sp³-hybridized carbons (Fsp3) is 0.444. The quantitative estimate of drug-likeness (QED) is 0.920. The Balaban J connectivity index is 1.49. The summed E-state index contributed by atoms with van der Waals surface area (Å²) < 4.78 is 1.91. The molecule has 1 fully saturated rings. The van der Waals surface area contributed by atoms with Crippen molar-refractivity contribution in [3.05, 3.63) is 42.0 Å². The number of nitrogens with zero attached hydrogens (tertiary/aromatic N) is 4. The number of hydrogen-bond donors (Lipinski definition) is 1. The van der Waals surface area contributed by atoms with Gasteiger partial charge >= 0.3 is 0 Å². The third kappa shape index (κ3) is 3.01. The highest BCUT2D eigenvalue weighted by Gasteiger charge is 2.32. The van der Waals surface area contributed by atoms with Gasteiger partial charge in [0.15, 0.2) is 0 Å². The highest BCUT2D eigenvalue weighted by Crippen LogP contribution is 2.22. The average Bonchev–Trinajstić information content (AvgIpc) is 3.08. The molecule has 0 radical (unpaired) electrons. The Morgan fingerprint density at radius 2 is 2.12 bits per heavy atom. The number of fused-ring (bicyclic) bond motifs is 1. The molecule has 1 N–H and O–H groups in total. The Kier molecular flexibility index (Phi) is 4.21. The van der Waals surface area contributed by atoms with Gasteiger partial charge in [0.2, 0.25) is 5.91 Å². The number of amides is 2. The third-order valence-corrected chi connectivity index (χ3v) is 4.93. The van der Waals surface area contributed by atoms with E-state index in [-0.39, 0.29) is 11.8 Å². The zero-order chi connectivity index (χ0) is 17.2. The van der Waals surface area contributed by atoms with Crippen LogP contribution in [-0.2, 0) is 17.8 Å². The second-order valence-electron chi connectivity index (χ2n) is 6.55. The summed E-state index contributed by atoms with van der Waals surface area (Å²) in [7, 11) is 0. The lowest BCUT2D eigenvalue weighted by Gasteiger charge is -2.32. The van der Waals surface area contributed by atoms with Crippen molar-refractivity contribution in [3.63, 3.8) is 0 Å². The van der Waals surface area contributed by atoms with E-state index in [0.717, 1.165) is 43.6 Å². The zero-order valence-corrected chi connectivity index (χ0v) is 14.0. The Hall–Kier alpha value is -2.70. The van der Waals surface area contributed by atoms with Gasteiger partial charge in [-0.2, -0.15) is 5.10 Å². The number of nitrogens with one attached hydrogen (secondary N) is 1. The summed E-state index contributed by atoms with van der Waals surface area (Å²) in [6.45, 7) is 1.51. The molecule has 2 amide bonds. The highest BCUT2D eigenvalue weighted by molar-refractivity contribution is 6.03. The standard InChI is InChI=1S/C18H21N5O2/c24-17(14-12-20-23-10-2-1-7-16(14)23)21-15-6-4-9-22(18(15)25)13-5-3-8-19-11-13/h3,5,8,11-12,15H,1-2,4,6-7,9-10H2,(H,21,24)/t15-/m0/s1. The van der Waals surface area contributed by atoms with E-state index in [1.54, 1.807) is 23.5 Å². The summed E-state index contributed by atoms with van der Waals surface area (Å²) in [5.41, 5.74) is 2.36. The minimum atomic E-state index is -0.499. The van der Waals surface area contributed by atoms with Crippen LogP contribution in [0.1, 0.15) is 41.7 Å². The predicted octanol–water partition coefficient (Wildman–Crippen LogP) is 1.54. The summed E-state index contributed by atoms with van der Waals surface area (Å²) in [4.78, 5) is 31.2. The maximum atomic E-state index is 12.8. The van der Waals surface area contributed by atoms with Gasteiger partial charge in [0.25, 0.3) is 5.91 Å². The molecule has 2 aliphatic rings. The van der Waals surface area contributed by atoms with Crippen LogP contribution in [0.25, 0.3) is 0 Å². The summed E-state index contributed by atoms with van der Waals surface area (Å²) in [5, 5.41) is 7.22. The molecule has 4 rings (SSSR count). The fourth-order valence-corrected chi connectivity index (χ4v) is 3.63. The van der Waals surface area contributed by atoms with Crippen molar-refractivity contribution in [2.24, 2.45) is 0 Å². The van der Waals surface area contributed by atoms with Crippen LogP contribution >= 0.6 is 0 Å². The molecular formula is C18H21N5O2. The molecule has 0 spiro atoms. The van der Waals surface area contributed by atoms with E-state index in [0.29, 0.717) is 18.5 Å². The largest absolute Gasteiger partial charge is 0.340 e. The van der Waals surface area contributed by atoms with Crippen LogP contribution in [0.15, 0.2) is 30.7 Å². The number of aryl methyl sites for hydroxylation is 1. The Bertz CT molecular complexity index is 786. The molecule has 1 saturated heterocycles. The van der Waals surface area contributed by atoms with E-state index in [1.807, 2.05) is 16.8 Å².